The molecule has 1 aliphatic rings. The van der Waals surface area contributed by atoms with Crippen molar-refractivity contribution in [1.82, 2.24) is 10.2 Å². The number of rotatable bonds is 6. The third-order valence-electron chi connectivity index (χ3n) is 3.77. The number of anilines is 1. The molecule has 0 saturated carbocycles. The Morgan fingerprint density at radius 3 is 2.83 bits per heavy atom. The largest absolute Gasteiger partial charge is 0.465 e. The van der Waals surface area contributed by atoms with Crippen molar-refractivity contribution in [3.63, 3.8) is 0 Å². The average molecular weight is 317 g/mol. The maximum Gasteiger partial charge on any atom is 0.404 e. The highest BCUT2D eigenvalue weighted by molar-refractivity contribution is 5.89. The van der Waals surface area contributed by atoms with Crippen LogP contribution >= 0.6 is 0 Å². The lowest BCUT2D eigenvalue weighted by Gasteiger charge is -2.26. The molecule has 0 spiro atoms. The number of hydrogen-bond acceptors (Lipinski definition) is 3. The summed E-state index contributed by atoms with van der Waals surface area (Å²) in [6, 6.07) is 7.89. The fourth-order valence-electron chi connectivity index (χ4n) is 2.67. The van der Waals surface area contributed by atoms with Gasteiger partial charge in [0.2, 0.25) is 5.91 Å². The van der Waals surface area contributed by atoms with Gasteiger partial charge in [-0.3, -0.25) is 9.69 Å². The molecule has 0 aromatic heterocycles. The minimum absolute atomic E-state index is 0.0686. The van der Waals surface area contributed by atoms with Crippen LogP contribution in [-0.2, 0) is 4.79 Å². The Bertz CT molecular complexity index is 599. The summed E-state index contributed by atoms with van der Waals surface area (Å²) >= 11 is 0. The number of carboxylic acid groups (broad SMARTS) is 1. The van der Waals surface area contributed by atoms with Crippen molar-refractivity contribution in [2.45, 2.75) is 19.8 Å². The molecule has 2 amide bonds. The molecule has 23 heavy (non-hydrogen) atoms. The predicted octanol–water partition coefficient (Wildman–Crippen LogP) is 2.39. The second-order valence-corrected chi connectivity index (χ2v) is 5.63. The van der Waals surface area contributed by atoms with Crippen molar-refractivity contribution in [2.75, 3.05) is 31.5 Å². The molecule has 2 rings (SSSR count). The molecule has 0 fully saturated rings. The number of carbonyl (C=O) groups is 2. The van der Waals surface area contributed by atoms with Crippen LogP contribution in [0.25, 0.3) is 5.57 Å². The Labute approximate surface area is 136 Å². The van der Waals surface area contributed by atoms with Gasteiger partial charge in [0.25, 0.3) is 0 Å². The second kappa shape index (κ2) is 8.33. The average Bonchev–Trinajstić information content (AvgIpc) is 2.52. The minimum atomic E-state index is -0.968. The number of benzene rings is 1. The van der Waals surface area contributed by atoms with Gasteiger partial charge >= 0.3 is 6.09 Å². The summed E-state index contributed by atoms with van der Waals surface area (Å²) in [5.41, 5.74) is 3.25. The maximum atomic E-state index is 11.1. The highest BCUT2D eigenvalue weighted by atomic mass is 16.4. The van der Waals surface area contributed by atoms with E-state index in [1.165, 1.54) is 12.5 Å². The lowest BCUT2D eigenvalue weighted by Crippen LogP contribution is -2.32. The van der Waals surface area contributed by atoms with Crippen molar-refractivity contribution in [1.29, 1.82) is 0 Å². The first-order valence-corrected chi connectivity index (χ1v) is 7.81. The Balaban J connectivity index is 1.86. The topological polar surface area (TPSA) is 81.7 Å². The fourth-order valence-corrected chi connectivity index (χ4v) is 2.67. The molecule has 0 bridgehead atoms. The summed E-state index contributed by atoms with van der Waals surface area (Å²) < 4.78 is 0. The van der Waals surface area contributed by atoms with Crippen LogP contribution in [0, 0.1) is 0 Å². The molecule has 1 aromatic carbocycles. The van der Waals surface area contributed by atoms with Gasteiger partial charge in [-0.05, 0) is 36.1 Å². The molecule has 0 unspecified atom stereocenters. The van der Waals surface area contributed by atoms with Gasteiger partial charge < -0.3 is 15.7 Å². The van der Waals surface area contributed by atoms with Crippen LogP contribution in [0.5, 0.6) is 0 Å². The summed E-state index contributed by atoms with van der Waals surface area (Å²) in [5.74, 6) is -0.0686. The van der Waals surface area contributed by atoms with E-state index in [2.05, 4.69) is 27.7 Å². The quantitative estimate of drug-likeness (QED) is 0.704. The third kappa shape index (κ3) is 5.75. The van der Waals surface area contributed by atoms with Gasteiger partial charge in [-0.2, -0.15) is 0 Å². The van der Waals surface area contributed by atoms with Gasteiger partial charge in [0.1, 0.15) is 0 Å². The van der Waals surface area contributed by atoms with E-state index in [0.717, 1.165) is 43.7 Å². The smallest absolute Gasteiger partial charge is 0.404 e. The summed E-state index contributed by atoms with van der Waals surface area (Å²) in [4.78, 5) is 23.8. The van der Waals surface area contributed by atoms with Gasteiger partial charge in [0, 0.05) is 38.8 Å². The summed E-state index contributed by atoms with van der Waals surface area (Å²) in [7, 11) is 0. The van der Waals surface area contributed by atoms with Crippen molar-refractivity contribution in [3.05, 3.63) is 35.9 Å². The molecule has 0 radical (unpaired) electrons. The van der Waals surface area contributed by atoms with E-state index in [1.54, 1.807) is 0 Å². The summed E-state index contributed by atoms with van der Waals surface area (Å²) in [6.07, 6.45) is 3.01. The Morgan fingerprint density at radius 1 is 1.35 bits per heavy atom. The second-order valence-electron chi connectivity index (χ2n) is 5.63. The van der Waals surface area contributed by atoms with Gasteiger partial charge in [-0.25, -0.2) is 4.79 Å². The zero-order chi connectivity index (χ0) is 16.7. The van der Waals surface area contributed by atoms with Crippen molar-refractivity contribution >= 4 is 23.3 Å². The number of amides is 2. The van der Waals surface area contributed by atoms with Gasteiger partial charge in [-0.1, -0.05) is 18.2 Å². The number of hydrogen-bond donors (Lipinski definition) is 3. The van der Waals surface area contributed by atoms with E-state index >= 15 is 0 Å². The Hall–Kier alpha value is -2.34. The zero-order valence-corrected chi connectivity index (χ0v) is 13.3. The van der Waals surface area contributed by atoms with Gasteiger partial charge in [-0.15, -0.1) is 0 Å². The van der Waals surface area contributed by atoms with Crippen LogP contribution in [0.1, 0.15) is 25.3 Å². The lowest BCUT2D eigenvalue weighted by atomic mass is 9.99. The monoisotopic (exact) mass is 317 g/mol. The normalized spacial score (nSPS) is 14.9. The summed E-state index contributed by atoms with van der Waals surface area (Å²) in [5, 5.41) is 13.7. The number of carbonyl (C=O) groups excluding carboxylic acids is 1. The molecule has 1 aliphatic heterocycles. The predicted molar refractivity (Wildman–Crippen MR) is 90.4 cm³/mol. The molecular weight excluding hydrogens is 294 g/mol. The Kier molecular flexibility index (Phi) is 6.17. The molecule has 1 heterocycles. The molecule has 6 heteroatoms. The first-order valence-electron chi connectivity index (χ1n) is 7.81. The summed E-state index contributed by atoms with van der Waals surface area (Å²) in [6.45, 7) is 4.71. The third-order valence-corrected chi connectivity index (χ3v) is 3.77. The molecule has 0 saturated heterocycles. The first-order chi connectivity index (χ1) is 11.0. The maximum absolute atomic E-state index is 11.1. The minimum Gasteiger partial charge on any atom is -0.465 e. The highest BCUT2D eigenvalue weighted by Crippen LogP contribution is 2.24. The molecule has 6 nitrogen and oxygen atoms in total. The van der Waals surface area contributed by atoms with Gasteiger partial charge in [0.15, 0.2) is 0 Å². The van der Waals surface area contributed by atoms with E-state index in [-0.39, 0.29) is 5.91 Å². The van der Waals surface area contributed by atoms with Crippen molar-refractivity contribution in [2.24, 2.45) is 0 Å². The standard InChI is InChI=1S/C17H23N3O3/c1-13(21)19-16-5-2-4-15(12-16)14-6-10-20(11-7-14)9-3-8-18-17(22)23/h2,4-6,12,18H,3,7-11H2,1H3,(H,19,21)(H,22,23). The van der Waals surface area contributed by atoms with E-state index < -0.39 is 6.09 Å². The fraction of sp³-hybridized carbons (Fsp3) is 0.412. The number of nitrogens with one attached hydrogen (secondary N) is 2. The first kappa shape index (κ1) is 17.0. The van der Waals surface area contributed by atoms with E-state index in [4.69, 9.17) is 5.11 Å². The molecule has 1 aromatic rings. The molecule has 124 valence electrons. The SMILES string of the molecule is CC(=O)Nc1cccc(C2=CCN(CCCNC(=O)O)CC2)c1. The number of nitrogens with zero attached hydrogens (tertiary/aromatic N) is 1. The molecule has 0 aliphatic carbocycles. The zero-order valence-electron chi connectivity index (χ0n) is 13.3. The molecule has 3 N–H and O–H groups in total. The molecular formula is C17H23N3O3. The van der Waals surface area contributed by atoms with E-state index in [9.17, 15) is 9.59 Å². The van der Waals surface area contributed by atoms with Crippen molar-refractivity contribution in [3.8, 4) is 0 Å². The van der Waals surface area contributed by atoms with Crippen LogP contribution in [0.15, 0.2) is 30.3 Å². The van der Waals surface area contributed by atoms with Crippen LogP contribution in [0.4, 0.5) is 10.5 Å². The Morgan fingerprint density at radius 2 is 2.17 bits per heavy atom. The van der Waals surface area contributed by atoms with Crippen LogP contribution < -0.4 is 10.6 Å². The van der Waals surface area contributed by atoms with Crippen LogP contribution in [0.3, 0.4) is 0 Å². The highest BCUT2D eigenvalue weighted by Gasteiger charge is 2.13. The van der Waals surface area contributed by atoms with Crippen molar-refractivity contribution < 1.29 is 14.7 Å². The lowest BCUT2D eigenvalue weighted by molar-refractivity contribution is -0.114. The van der Waals surface area contributed by atoms with E-state index in [1.807, 2.05) is 18.2 Å². The molecule has 0 atom stereocenters. The van der Waals surface area contributed by atoms with Gasteiger partial charge in [0.05, 0.1) is 0 Å². The van der Waals surface area contributed by atoms with E-state index in [0.29, 0.717) is 6.54 Å². The van der Waals surface area contributed by atoms with Crippen LogP contribution in [-0.4, -0.2) is 48.2 Å². The van der Waals surface area contributed by atoms with Crippen LogP contribution in [0.2, 0.25) is 0 Å².